The van der Waals surface area contributed by atoms with Gasteiger partial charge in [-0.3, -0.25) is 4.79 Å². The molecule has 3 nitrogen and oxygen atoms in total. The highest BCUT2D eigenvalue weighted by Gasteiger charge is 2.51. The topological polar surface area (TPSA) is 35.5 Å². The fraction of sp³-hybridized carbons (Fsp3) is 0.588. The summed E-state index contributed by atoms with van der Waals surface area (Å²) in [6.07, 6.45) is 2.33. The monoisotopic (exact) mass is 292 g/mol. The molecular weight excluding hydrogens is 271 g/mol. The first-order valence-corrected chi connectivity index (χ1v) is 7.47. The first-order valence-electron chi connectivity index (χ1n) is 7.47. The molecule has 0 bridgehead atoms. The Kier molecular flexibility index (Phi) is 3.62. The summed E-state index contributed by atoms with van der Waals surface area (Å²) < 4.78 is 24.3. The van der Waals surface area contributed by atoms with Crippen LogP contribution in [-0.2, 0) is 20.7 Å². The van der Waals surface area contributed by atoms with Crippen LogP contribution in [0.3, 0.4) is 0 Å². The summed E-state index contributed by atoms with van der Waals surface area (Å²) in [5.74, 6) is -0.615. The van der Waals surface area contributed by atoms with Crippen LogP contribution in [0.25, 0.3) is 0 Å². The van der Waals surface area contributed by atoms with E-state index in [1.807, 2.05) is 13.8 Å². The number of halogens is 1. The Morgan fingerprint density at radius 3 is 2.43 bits per heavy atom. The average molecular weight is 292 g/mol. The van der Waals surface area contributed by atoms with Crippen molar-refractivity contribution in [2.75, 3.05) is 13.2 Å². The van der Waals surface area contributed by atoms with E-state index < -0.39 is 11.2 Å². The summed E-state index contributed by atoms with van der Waals surface area (Å²) in [6.45, 7) is 4.63. The molecule has 0 N–H and O–H groups in total. The number of ether oxygens (including phenoxy) is 2. The largest absolute Gasteiger partial charge is 0.349 e. The van der Waals surface area contributed by atoms with Crippen molar-refractivity contribution >= 4 is 5.78 Å². The number of carbonyl (C=O) groups excluding carboxylic acids is 1. The van der Waals surface area contributed by atoms with Gasteiger partial charge in [0.15, 0.2) is 5.79 Å². The molecule has 1 aliphatic carbocycles. The maximum absolute atomic E-state index is 12.9. The van der Waals surface area contributed by atoms with Gasteiger partial charge in [-0.2, -0.15) is 0 Å². The molecule has 0 amide bonds. The van der Waals surface area contributed by atoms with Crippen LogP contribution in [0.1, 0.15) is 32.3 Å². The SMILES string of the molecule is CC1(C)OCC2(CCC(Cc3ccc(F)cc3)C2=O)CO1. The molecule has 1 aromatic rings. The van der Waals surface area contributed by atoms with Crippen LogP contribution in [0.15, 0.2) is 24.3 Å². The van der Waals surface area contributed by atoms with Gasteiger partial charge in [0.1, 0.15) is 11.6 Å². The molecular formula is C17H21FO3. The fourth-order valence-corrected chi connectivity index (χ4v) is 3.23. The molecule has 21 heavy (non-hydrogen) atoms. The number of carbonyl (C=O) groups is 1. The van der Waals surface area contributed by atoms with E-state index in [4.69, 9.17) is 9.47 Å². The van der Waals surface area contributed by atoms with Crippen LogP contribution in [-0.4, -0.2) is 24.8 Å². The summed E-state index contributed by atoms with van der Waals surface area (Å²) in [6, 6.07) is 6.40. The van der Waals surface area contributed by atoms with Crippen LogP contribution < -0.4 is 0 Å². The third-order valence-corrected chi connectivity index (χ3v) is 4.65. The molecule has 1 saturated carbocycles. The second-order valence-corrected chi connectivity index (χ2v) is 6.69. The van der Waals surface area contributed by atoms with Crippen LogP contribution in [0, 0.1) is 17.2 Å². The zero-order valence-corrected chi connectivity index (χ0v) is 12.5. The van der Waals surface area contributed by atoms with Gasteiger partial charge in [-0.05, 0) is 50.8 Å². The zero-order valence-electron chi connectivity index (χ0n) is 12.5. The molecule has 1 heterocycles. The van der Waals surface area contributed by atoms with Gasteiger partial charge in [0.05, 0.1) is 18.6 Å². The molecule has 2 fully saturated rings. The van der Waals surface area contributed by atoms with E-state index in [-0.39, 0.29) is 17.5 Å². The van der Waals surface area contributed by atoms with Crippen molar-refractivity contribution in [3.8, 4) is 0 Å². The minimum Gasteiger partial charge on any atom is -0.349 e. The Morgan fingerprint density at radius 1 is 1.19 bits per heavy atom. The molecule has 0 radical (unpaired) electrons. The first kappa shape index (κ1) is 14.7. The molecule has 1 unspecified atom stereocenters. The predicted octanol–water partition coefficient (Wildman–Crippen LogP) is 3.12. The quantitative estimate of drug-likeness (QED) is 0.840. The van der Waals surface area contributed by atoms with Gasteiger partial charge in [0.25, 0.3) is 0 Å². The lowest BCUT2D eigenvalue weighted by atomic mass is 9.83. The lowest BCUT2D eigenvalue weighted by molar-refractivity contribution is -0.278. The lowest BCUT2D eigenvalue weighted by Crippen LogP contribution is -2.49. The molecule has 2 aliphatic rings. The fourth-order valence-electron chi connectivity index (χ4n) is 3.23. The van der Waals surface area contributed by atoms with Gasteiger partial charge in [0.2, 0.25) is 0 Å². The molecule has 1 saturated heterocycles. The first-order chi connectivity index (χ1) is 9.90. The molecule has 114 valence electrons. The van der Waals surface area contributed by atoms with Crippen molar-refractivity contribution in [1.82, 2.24) is 0 Å². The molecule has 1 spiro atoms. The maximum atomic E-state index is 12.9. The molecule has 1 atom stereocenters. The number of hydrogen-bond acceptors (Lipinski definition) is 3. The van der Waals surface area contributed by atoms with Gasteiger partial charge in [-0.25, -0.2) is 4.39 Å². The van der Waals surface area contributed by atoms with E-state index in [2.05, 4.69) is 0 Å². The smallest absolute Gasteiger partial charge is 0.162 e. The van der Waals surface area contributed by atoms with Crippen molar-refractivity contribution < 1.29 is 18.7 Å². The zero-order chi connectivity index (χ0) is 15.1. The molecule has 0 aromatic heterocycles. The van der Waals surface area contributed by atoms with Crippen molar-refractivity contribution in [2.45, 2.75) is 38.9 Å². The van der Waals surface area contributed by atoms with E-state index in [0.29, 0.717) is 19.6 Å². The van der Waals surface area contributed by atoms with Crippen molar-refractivity contribution in [1.29, 1.82) is 0 Å². The van der Waals surface area contributed by atoms with E-state index >= 15 is 0 Å². The molecule has 1 aliphatic heterocycles. The predicted molar refractivity (Wildman–Crippen MR) is 76.3 cm³/mol. The van der Waals surface area contributed by atoms with Crippen LogP contribution in [0.5, 0.6) is 0 Å². The summed E-state index contributed by atoms with van der Waals surface area (Å²) >= 11 is 0. The maximum Gasteiger partial charge on any atom is 0.162 e. The van der Waals surface area contributed by atoms with E-state index in [9.17, 15) is 9.18 Å². The lowest BCUT2D eigenvalue weighted by Gasteiger charge is -2.40. The highest BCUT2D eigenvalue weighted by molar-refractivity contribution is 5.89. The van der Waals surface area contributed by atoms with Crippen LogP contribution in [0.2, 0.25) is 0 Å². The van der Waals surface area contributed by atoms with Crippen molar-refractivity contribution in [3.05, 3.63) is 35.6 Å². The molecule has 1 aromatic carbocycles. The number of rotatable bonds is 2. The van der Waals surface area contributed by atoms with Crippen molar-refractivity contribution in [3.63, 3.8) is 0 Å². The third-order valence-electron chi connectivity index (χ3n) is 4.65. The normalized spacial score (nSPS) is 27.2. The minimum atomic E-state index is -0.597. The van der Waals surface area contributed by atoms with Gasteiger partial charge >= 0.3 is 0 Å². The Balaban J connectivity index is 1.68. The second-order valence-electron chi connectivity index (χ2n) is 6.69. The molecule has 4 heteroatoms. The van der Waals surface area contributed by atoms with E-state index in [0.717, 1.165) is 18.4 Å². The van der Waals surface area contributed by atoms with Crippen LogP contribution >= 0.6 is 0 Å². The second kappa shape index (κ2) is 5.18. The van der Waals surface area contributed by atoms with Crippen LogP contribution in [0.4, 0.5) is 4.39 Å². The van der Waals surface area contributed by atoms with Gasteiger partial charge < -0.3 is 9.47 Å². The van der Waals surface area contributed by atoms with Crippen molar-refractivity contribution in [2.24, 2.45) is 11.3 Å². The number of Topliss-reactive ketones (excluding diaryl/α,β-unsaturated/α-hetero) is 1. The number of benzene rings is 1. The summed E-state index contributed by atoms with van der Waals surface area (Å²) in [5, 5.41) is 0. The number of hydrogen-bond donors (Lipinski definition) is 0. The Hall–Kier alpha value is -1.26. The number of ketones is 1. The standard InChI is InChI=1S/C17H21FO3/c1-16(2)20-10-17(11-21-16)8-7-13(15(17)19)9-12-3-5-14(18)6-4-12/h3-6,13H,7-11H2,1-2H3. The molecule has 3 rings (SSSR count). The Morgan fingerprint density at radius 2 is 1.81 bits per heavy atom. The van der Waals surface area contributed by atoms with E-state index in [1.54, 1.807) is 12.1 Å². The third kappa shape index (κ3) is 2.87. The van der Waals surface area contributed by atoms with Gasteiger partial charge in [0, 0.05) is 5.92 Å². The summed E-state index contributed by atoms with van der Waals surface area (Å²) in [4.78, 5) is 12.7. The van der Waals surface area contributed by atoms with Gasteiger partial charge in [-0.15, -0.1) is 0 Å². The highest BCUT2D eigenvalue weighted by Crippen LogP contribution is 2.44. The van der Waals surface area contributed by atoms with E-state index in [1.165, 1.54) is 12.1 Å². The highest BCUT2D eigenvalue weighted by atomic mass is 19.1. The van der Waals surface area contributed by atoms with Gasteiger partial charge in [-0.1, -0.05) is 12.1 Å². The Labute approximate surface area is 124 Å². The summed E-state index contributed by atoms with van der Waals surface area (Å²) in [7, 11) is 0. The Bertz CT molecular complexity index is 525. The minimum absolute atomic E-state index is 0.0103. The summed E-state index contributed by atoms with van der Waals surface area (Å²) in [5.41, 5.74) is 0.532. The average Bonchev–Trinajstić information content (AvgIpc) is 2.75.